The largest absolute Gasteiger partial charge is 0.371 e. The molecule has 2 heterocycles. The van der Waals surface area contributed by atoms with Crippen molar-refractivity contribution in [2.45, 2.75) is 38.7 Å². The van der Waals surface area contributed by atoms with Crippen LogP contribution >= 0.6 is 11.3 Å². The topological polar surface area (TPSA) is 64.1 Å². The normalized spacial score (nSPS) is 19.9. The number of aromatic nitrogens is 2. The highest BCUT2D eigenvalue weighted by atomic mass is 32.1. The molecule has 0 saturated carbocycles. The molecule has 6 heteroatoms. The monoisotopic (exact) mass is 241 g/mol. The van der Waals surface area contributed by atoms with Gasteiger partial charge in [-0.25, -0.2) is 0 Å². The van der Waals surface area contributed by atoms with Gasteiger partial charge in [-0.05, 0) is 19.3 Å². The van der Waals surface area contributed by atoms with Gasteiger partial charge in [0.25, 0.3) is 0 Å². The fraction of sp³-hybridized carbons (Fsp3) is 0.700. The van der Waals surface area contributed by atoms with E-state index in [4.69, 9.17) is 4.74 Å². The van der Waals surface area contributed by atoms with Crippen LogP contribution in [0, 0.1) is 0 Å². The van der Waals surface area contributed by atoms with Crippen molar-refractivity contribution in [3.8, 4) is 0 Å². The summed E-state index contributed by atoms with van der Waals surface area (Å²) in [5, 5.41) is 12.2. The highest BCUT2D eigenvalue weighted by Crippen LogP contribution is 2.31. The summed E-state index contributed by atoms with van der Waals surface area (Å²) in [7, 11) is 0. The fourth-order valence-corrected chi connectivity index (χ4v) is 2.44. The zero-order valence-corrected chi connectivity index (χ0v) is 10.0. The lowest BCUT2D eigenvalue weighted by molar-refractivity contribution is -0.116. The van der Waals surface area contributed by atoms with Crippen LogP contribution < -0.4 is 5.32 Å². The SMILES string of the molecule is CCCC(=O)Nc1nnc([C@@H]2CCCO2)s1. The van der Waals surface area contributed by atoms with Crippen molar-refractivity contribution in [2.75, 3.05) is 11.9 Å². The molecule has 1 aliphatic rings. The van der Waals surface area contributed by atoms with Gasteiger partial charge in [0.1, 0.15) is 11.1 Å². The first-order valence-electron chi connectivity index (χ1n) is 5.54. The summed E-state index contributed by atoms with van der Waals surface area (Å²) in [6, 6.07) is 0. The standard InChI is InChI=1S/C10H15N3O2S/c1-2-4-8(14)11-10-13-12-9(16-10)7-5-3-6-15-7/h7H,2-6H2,1H3,(H,11,13,14)/t7-/m0/s1. The number of ether oxygens (including phenoxy) is 1. The Morgan fingerprint density at radius 3 is 3.19 bits per heavy atom. The molecule has 1 atom stereocenters. The van der Waals surface area contributed by atoms with Crippen LogP contribution in [0.15, 0.2) is 0 Å². The van der Waals surface area contributed by atoms with E-state index in [-0.39, 0.29) is 12.0 Å². The maximum atomic E-state index is 11.3. The van der Waals surface area contributed by atoms with Gasteiger partial charge in [0, 0.05) is 13.0 Å². The first-order valence-corrected chi connectivity index (χ1v) is 6.36. The molecule has 2 rings (SSSR count). The smallest absolute Gasteiger partial charge is 0.226 e. The minimum absolute atomic E-state index is 0.00228. The van der Waals surface area contributed by atoms with Crippen LogP contribution in [0.3, 0.4) is 0 Å². The molecule has 1 amide bonds. The summed E-state index contributed by atoms with van der Waals surface area (Å²) < 4.78 is 5.50. The molecule has 0 unspecified atom stereocenters. The third-order valence-corrected chi connectivity index (χ3v) is 3.30. The molecule has 1 aliphatic heterocycles. The maximum absolute atomic E-state index is 11.3. The van der Waals surface area contributed by atoms with E-state index >= 15 is 0 Å². The van der Waals surface area contributed by atoms with Crippen LogP contribution in [0.4, 0.5) is 5.13 Å². The van der Waals surface area contributed by atoms with Crippen molar-refractivity contribution in [3.63, 3.8) is 0 Å². The number of carbonyl (C=O) groups excluding carboxylic acids is 1. The van der Waals surface area contributed by atoms with Gasteiger partial charge < -0.3 is 10.1 Å². The zero-order chi connectivity index (χ0) is 11.4. The second kappa shape index (κ2) is 5.36. The van der Waals surface area contributed by atoms with E-state index in [1.54, 1.807) is 0 Å². The quantitative estimate of drug-likeness (QED) is 0.877. The molecule has 88 valence electrons. The van der Waals surface area contributed by atoms with Crippen molar-refractivity contribution >= 4 is 22.4 Å². The summed E-state index contributed by atoms with van der Waals surface area (Å²) in [6.45, 7) is 2.76. The fourth-order valence-electron chi connectivity index (χ4n) is 1.60. The number of carbonyl (C=O) groups is 1. The lowest BCUT2D eigenvalue weighted by Gasteiger charge is -2.02. The van der Waals surface area contributed by atoms with Crippen molar-refractivity contribution in [2.24, 2.45) is 0 Å². The molecule has 1 fully saturated rings. The average Bonchev–Trinajstić information content (AvgIpc) is 2.86. The van der Waals surface area contributed by atoms with E-state index in [1.165, 1.54) is 11.3 Å². The maximum Gasteiger partial charge on any atom is 0.226 e. The Hall–Kier alpha value is -1.01. The Labute approximate surface area is 98.2 Å². The molecule has 5 nitrogen and oxygen atoms in total. The van der Waals surface area contributed by atoms with Crippen LogP contribution in [0.5, 0.6) is 0 Å². The van der Waals surface area contributed by atoms with E-state index in [0.717, 1.165) is 30.9 Å². The molecule has 0 radical (unpaired) electrons. The summed E-state index contributed by atoms with van der Waals surface area (Å²) in [6.07, 6.45) is 3.51. The Morgan fingerprint density at radius 2 is 2.50 bits per heavy atom. The number of nitrogens with zero attached hydrogens (tertiary/aromatic N) is 2. The predicted octanol–water partition coefficient (Wildman–Crippen LogP) is 2.13. The Morgan fingerprint density at radius 1 is 1.62 bits per heavy atom. The van der Waals surface area contributed by atoms with Crippen LogP contribution in [0.1, 0.15) is 43.7 Å². The highest BCUT2D eigenvalue weighted by molar-refractivity contribution is 7.15. The van der Waals surface area contributed by atoms with Gasteiger partial charge in [0.2, 0.25) is 11.0 Å². The summed E-state index contributed by atoms with van der Waals surface area (Å²) in [5.41, 5.74) is 0. The molecule has 0 aromatic carbocycles. The van der Waals surface area contributed by atoms with Gasteiger partial charge in [-0.1, -0.05) is 18.3 Å². The molecular weight excluding hydrogens is 226 g/mol. The molecule has 1 aromatic heterocycles. The lowest BCUT2D eigenvalue weighted by atomic mass is 10.2. The molecule has 1 N–H and O–H groups in total. The number of amides is 1. The first-order chi connectivity index (χ1) is 7.79. The number of anilines is 1. The Bertz CT molecular complexity index is 361. The zero-order valence-electron chi connectivity index (χ0n) is 9.23. The number of nitrogens with one attached hydrogen (secondary N) is 1. The van der Waals surface area contributed by atoms with Gasteiger partial charge in [-0.2, -0.15) is 0 Å². The summed E-state index contributed by atoms with van der Waals surface area (Å²) >= 11 is 1.41. The van der Waals surface area contributed by atoms with Crippen molar-refractivity contribution in [1.29, 1.82) is 0 Å². The summed E-state index contributed by atoms with van der Waals surface area (Å²) in [4.78, 5) is 11.3. The second-order valence-corrected chi connectivity index (χ2v) is 4.75. The third-order valence-electron chi connectivity index (χ3n) is 2.37. The molecule has 1 aromatic rings. The van der Waals surface area contributed by atoms with Crippen molar-refractivity contribution in [3.05, 3.63) is 5.01 Å². The molecule has 16 heavy (non-hydrogen) atoms. The van der Waals surface area contributed by atoms with Gasteiger partial charge >= 0.3 is 0 Å². The average molecular weight is 241 g/mol. The van der Waals surface area contributed by atoms with Gasteiger partial charge in [-0.3, -0.25) is 4.79 Å². The second-order valence-electron chi connectivity index (χ2n) is 3.75. The molecule has 0 bridgehead atoms. The van der Waals surface area contributed by atoms with Crippen molar-refractivity contribution < 1.29 is 9.53 Å². The Kier molecular flexibility index (Phi) is 3.84. The highest BCUT2D eigenvalue weighted by Gasteiger charge is 2.22. The predicted molar refractivity (Wildman–Crippen MR) is 61.4 cm³/mol. The molecule has 0 aliphatic carbocycles. The van der Waals surface area contributed by atoms with Crippen LogP contribution in [-0.4, -0.2) is 22.7 Å². The number of rotatable bonds is 4. The minimum atomic E-state index is -0.00228. The van der Waals surface area contributed by atoms with Gasteiger partial charge in [0.05, 0.1) is 0 Å². The van der Waals surface area contributed by atoms with Crippen LogP contribution in [0.25, 0.3) is 0 Å². The molecular formula is C10H15N3O2S. The lowest BCUT2D eigenvalue weighted by Crippen LogP contribution is -2.10. The van der Waals surface area contributed by atoms with E-state index in [0.29, 0.717) is 11.6 Å². The molecule has 1 saturated heterocycles. The van der Waals surface area contributed by atoms with E-state index < -0.39 is 0 Å². The van der Waals surface area contributed by atoms with E-state index in [2.05, 4.69) is 15.5 Å². The van der Waals surface area contributed by atoms with Gasteiger partial charge in [-0.15, -0.1) is 10.2 Å². The van der Waals surface area contributed by atoms with Crippen LogP contribution in [0.2, 0.25) is 0 Å². The van der Waals surface area contributed by atoms with Gasteiger partial charge in [0.15, 0.2) is 0 Å². The van der Waals surface area contributed by atoms with Crippen molar-refractivity contribution in [1.82, 2.24) is 10.2 Å². The third kappa shape index (κ3) is 2.76. The van der Waals surface area contributed by atoms with E-state index in [9.17, 15) is 4.79 Å². The Balaban J connectivity index is 1.93. The molecule has 0 spiro atoms. The van der Waals surface area contributed by atoms with E-state index in [1.807, 2.05) is 6.92 Å². The first kappa shape index (κ1) is 11.5. The van der Waals surface area contributed by atoms with Crippen LogP contribution in [-0.2, 0) is 9.53 Å². The minimum Gasteiger partial charge on any atom is -0.371 e. The number of hydrogen-bond acceptors (Lipinski definition) is 5. The summed E-state index contributed by atoms with van der Waals surface area (Å²) in [5.74, 6) is -0.00228. The number of hydrogen-bond donors (Lipinski definition) is 1.